The van der Waals surface area contributed by atoms with Gasteiger partial charge in [-0.05, 0) is 53.7 Å². The van der Waals surface area contributed by atoms with Gasteiger partial charge in [0.05, 0.1) is 18.8 Å². The number of hydrogen-bond donors (Lipinski definition) is 4. The maximum Gasteiger partial charge on any atom is 0.407 e. The molecule has 2 unspecified atom stereocenters. The number of carbonyl (C=O) groups excluding carboxylic acids is 2. The van der Waals surface area contributed by atoms with Gasteiger partial charge in [-0.3, -0.25) is 4.68 Å². The Kier molecular flexibility index (Phi) is 10.1. The molecule has 210 valence electrons. The summed E-state index contributed by atoms with van der Waals surface area (Å²) in [5, 5.41) is 27.5. The van der Waals surface area contributed by atoms with Crippen LogP contribution in [-0.2, 0) is 20.8 Å². The number of amides is 2. The van der Waals surface area contributed by atoms with Crippen LogP contribution in [0.5, 0.6) is 5.75 Å². The van der Waals surface area contributed by atoms with E-state index >= 15 is 0 Å². The Labute approximate surface area is 220 Å². The average molecular weight is 539 g/mol. The molecule has 0 aliphatic carbocycles. The molecule has 0 aliphatic rings. The number of aliphatic hydroxyl groups is 1. The molecule has 0 spiro atoms. The summed E-state index contributed by atoms with van der Waals surface area (Å²) >= 11 is 0. The minimum Gasteiger partial charge on any atom is -0.490 e. The number of nitrogens with one attached hydrogen (secondary N) is 2. The summed E-state index contributed by atoms with van der Waals surface area (Å²) in [6, 6.07) is 3.28. The molecule has 12 nitrogen and oxygen atoms in total. The van der Waals surface area contributed by atoms with Crippen molar-refractivity contribution in [2.45, 2.75) is 71.4 Å². The number of alkyl carbamates (subject to hydrolysis) is 2. The fourth-order valence-corrected chi connectivity index (χ4v) is 3.05. The minimum atomic E-state index is -1.73. The normalized spacial score (nSPS) is 13.3. The Bertz CT molecular complexity index is 1120. The van der Waals surface area contributed by atoms with E-state index in [4.69, 9.17) is 19.3 Å². The summed E-state index contributed by atoms with van der Waals surface area (Å²) in [5.41, 5.74) is -0.803. The van der Waals surface area contributed by atoms with Gasteiger partial charge in [0.1, 0.15) is 29.4 Å². The van der Waals surface area contributed by atoms with Gasteiger partial charge < -0.3 is 35.1 Å². The maximum atomic E-state index is 14.7. The van der Waals surface area contributed by atoms with Crippen LogP contribution in [0.3, 0.4) is 0 Å². The van der Waals surface area contributed by atoms with Crippen molar-refractivity contribution in [3.05, 3.63) is 36.4 Å². The summed E-state index contributed by atoms with van der Waals surface area (Å²) in [6.07, 6.45) is -0.0861. The largest absolute Gasteiger partial charge is 0.490 e. The van der Waals surface area contributed by atoms with E-state index in [0.717, 1.165) is 6.07 Å². The lowest BCUT2D eigenvalue weighted by Crippen LogP contribution is -2.48. The third kappa shape index (κ3) is 10.6. The summed E-state index contributed by atoms with van der Waals surface area (Å²) in [7, 11) is 0. The first-order chi connectivity index (χ1) is 17.5. The highest BCUT2D eigenvalue weighted by molar-refractivity contribution is 5.72. The highest BCUT2D eigenvalue weighted by Crippen LogP contribution is 2.26. The predicted molar refractivity (Wildman–Crippen MR) is 134 cm³/mol. The lowest BCUT2D eigenvalue weighted by atomic mass is 10.1. The van der Waals surface area contributed by atoms with Crippen LogP contribution in [0.15, 0.2) is 30.6 Å². The van der Waals surface area contributed by atoms with Crippen LogP contribution in [0.2, 0.25) is 0 Å². The van der Waals surface area contributed by atoms with Gasteiger partial charge in [-0.25, -0.2) is 18.8 Å². The fourth-order valence-electron chi connectivity index (χ4n) is 3.05. The van der Waals surface area contributed by atoms with Crippen LogP contribution in [0.4, 0.5) is 14.0 Å². The van der Waals surface area contributed by atoms with Gasteiger partial charge in [0.2, 0.25) is 0 Å². The SMILES string of the molecule is CC(C)(C)OC(=O)NCC(Cn1cc(-c2ccc(OCC(O)C(=O)O)cc2F)cn1)NC(=O)OC(C)(C)C. The molecule has 1 aromatic heterocycles. The van der Waals surface area contributed by atoms with Crippen molar-refractivity contribution in [3.63, 3.8) is 0 Å². The Morgan fingerprint density at radius 2 is 1.71 bits per heavy atom. The first-order valence-electron chi connectivity index (χ1n) is 11.8. The van der Waals surface area contributed by atoms with Gasteiger partial charge in [-0.1, -0.05) is 0 Å². The molecule has 0 fully saturated rings. The van der Waals surface area contributed by atoms with Crippen LogP contribution < -0.4 is 15.4 Å². The Balaban J connectivity index is 2.12. The molecule has 0 radical (unpaired) electrons. The number of carbonyl (C=O) groups is 3. The number of carboxylic acids is 1. The van der Waals surface area contributed by atoms with Gasteiger partial charge in [-0.2, -0.15) is 5.10 Å². The smallest absolute Gasteiger partial charge is 0.407 e. The van der Waals surface area contributed by atoms with Gasteiger partial charge in [0, 0.05) is 29.9 Å². The van der Waals surface area contributed by atoms with Gasteiger partial charge in [-0.15, -0.1) is 0 Å². The highest BCUT2D eigenvalue weighted by Gasteiger charge is 2.23. The van der Waals surface area contributed by atoms with Crippen molar-refractivity contribution in [2.75, 3.05) is 13.2 Å². The number of halogens is 1. The second-order valence-corrected chi connectivity index (χ2v) is 10.5. The van der Waals surface area contributed by atoms with Crippen LogP contribution in [0, 0.1) is 5.82 Å². The molecule has 2 aromatic rings. The highest BCUT2D eigenvalue weighted by atomic mass is 19.1. The Hall–Kier alpha value is -3.87. The van der Waals surface area contributed by atoms with Crippen LogP contribution in [0.1, 0.15) is 41.5 Å². The number of carboxylic acid groups (broad SMARTS) is 1. The molecule has 13 heteroatoms. The first kappa shape index (κ1) is 30.4. The quantitative estimate of drug-likeness (QED) is 0.356. The number of benzene rings is 1. The number of rotatable bonds is 10. The summed E-state index contributed by atoms with van der Waals surface area (Å²) in [6.45, 7) is 9.94. The van der Waals surface area contributed by atoms with Crippen molar-refractivity contribution < 1.29 is 43.2 Å². The number of aromatic nitrogens is 2. The lowest BCUT2D eigenvalue weighted by molar-refractivity contribution is -0.148. The molecule has 2 atom stereocenters. The number of nitrogens with zero attached hydrogens (tertiary/aromatic N) is 2. The zero-order valence-corrected chi connectivity index (χ0v) is 22.3. The molecule has 0 saturated carbocycles. The van der Waals surface area contributed by atoms with Gasteiger partial charge in [0.25, 0.3) is 0 Å². The van der Waals surface area contributed by atoms with Crippen molar-refractivity contribution >= 4 is 18.2 Å². The average Bonchev–Trinajstić information content (AvgIpc) is 3.21. The summed E-state index contributed by atoms with van der Waals surface area (Å²) in [4.78, 5) is 35.1. The van der Waals surface area contributed by atoms with E-state index in [2.05, 4.69) is 15.7 Å². The molecule has 0 saturated heterocycles. The lowest BCUT2D eigenvalue weighted by Gasteiger charge is -2.25. The molecule has 1 aromatic carbocycles. The maximum absolute atomic E-state index is 14.7. The first-order valence-corrected chi connectivity index (χ1v) is 11.8. The van der Waals surface area contributed by atoms with Crippen molar-refractivity contribution in [2.24, 2.45) is 0 Å². The molecule has 0 bridgehead atoms. The molecule has 2 rings (SSSR count). The van der Waals surface area contributed by atoms with Crippen molar-refractivity contribution in [1.82, 2.24) is 20.4 Å². The molecule has 38 heavy (non-hydrogen) atoms. The Morgan fingerprint density at radius 3 is 2.29 bits per heavy atom. The zero-order valence-electron chi connectivity index (χ0n) is 22.3. The number of aliphatic hydroxyl groups excluding tert-OH is 1. The van der Waals surface area contributed by atoms with E-state index in [1.165, 1.54) is 23.0 Å². The van der Waals surface area contributed by atoms with E-state index in [1.807, 2.05) is 0 Å². The molecule has 1 heterocycles. The predicted octanol–water partition coefficient (Wildman–Crippen LogP) is 2.93. The van der Waals surface area contributed by atoms with E-state index in [1.54, 1.807) is 47.7 Å². The number of hydrogen-bond acceptors (Lipinski definition) is 8. The standard InChI is InChI=1S/C25H35FN4O8/c1-24(2,3)37-22(34)27-11-16(29-23(35)38-25(4,5)6)13-30-12-15(10-28-30)18-8-7-17(9-19(18)26)36-14-20(31)21(32)33/h7-10,12,16,20,31H,11,13-14H2,1-6H3,(H,27,34)(H,29,35)(H,32,33). The van der Waals surface area contributed by atoms with Gasteiger partial charge in [0.15, 0.2) is 6.10 Å². The Morgan fingerprint density at radius 1 is 1.08 bits per heavy atom. The third-order valence-electron chi connectivity index (χ3n) is 4.60. The second kappa shape index (κ2) is 12.6. The molecule has 0 aliphatic heterocycles. The second-order valence-electron chi connectivity index (χ2n) is 10.5. The molecular weight excluding hydrogens is 503 g/mol. The monoisotopic (exact) mass is 538 g/mol. The zero-order chi connectivity index (χ0) is 28.7. The summed E-state index contributed by atoms with van der Waals surface area (Å²) < 4.78 is 31.9. The van der Waals surface area contributed by atoms with Crippen molar-refractivity contribution in [1.29, 1.82) is 0 Å². The van der Waals surface area contributed by atoms with E-state index in [9.17, 15) is 23.9 Å². The molecule has 4 N–H and O–H groups in total. The summed E-state index contributed by atoms with van der Waals surface area (Å²) in [5.74, 6) is -2.05. The number of ether oxygens (including phenoxy) is 3. The molecular formula is C25H35FN4O8. The molecule has 2 amide bonds. The van der Waals surface area contributed by atoms with Crippen molar-refractivity contribution in [3.8, 4) is 16.9 Å². The topological polar surface area (TPSA) is 161 Å². The van der Waals surface area contributed by atoms with E-state index in [0.29, 0.717) is 5.56 Å². The van der Waals surface area contributed by atoms with E-state index < -0.39 is 53.9 Å². The third-order valence-corrected chi connectivity index (χ3v) is 4.60. The van der Waals surface area contributed by atoms with E-state index in [-0.39, 0.29) is 24.4 Å². The fraction of sp³-hybridized carbons (Fsp3) is 0.520. The number of aliphatic carboxylic acids is 1. The van der Waals surface area contributed by atoms with Crippen LogP contribution in [-0.4, -0.2) is 74.6 Å². The van der Waals surface area contributed by atoms with Crippen LogP contribution in [0.25, 0.3) is 11.1 Å². The minimum absolute atomic E-state index is 0.00589. The van der Waals surface area contributed by atoms with Crippen LogP contribution >= 0.6 is 0 Å². The van der Waals surface area contributed by atoms with Gasteiger partial charge >= 0.3 is 18.2 Å².